The first-order valence-electron chi connectivity index (χ1n) is 19.7. The van der Waals surface area contributed by atoms with E-state index in [1.54, 1.807) is 0 Å². The molecule has 11 rings (SSSR count). The second-order valence-electron chi connectivity index (χ2n) is 14.9. The molecule has 0 fully saturated rings. The van der Waals surface area contributed by atoms with Crippen molar-refractivity contribution in [2.45, 2.75) is 5.41 Å². The van der Waals surface area contributed by atoms with Crippen LogP contribution in [-0.2, 0) is 5.41 Å². The smallest absolute Gasteiger partial charge is 0.0713 e. The number of aromatic nitrogens is 1. The molecule has 0 atom stereocenters. The Hall–Kier alpha value is -7.42. The summed E-state index contributed by atoms with van der Waals surface area (Å²) in [5.41, 5.74) is 16.6. The summed E-state index contributed by atoms with van der Waals surface area (Å²) in [6, 6.07) is 84.1. The van der Waals surface area contributed by atoms with Crippen molar-refractivity contribution in [3.63, 3.8) is 0 Å². The number of benzene rings is 9. The monoisotopic (exact) mass is 726 g/mol. The predicted molar refractivity (Wildman–Crippen MR) is 238 cm³/mol. The van der Waals surface area contributed by atoms with Gasteiger partial charge in [0.05, 0.1) is 16.4 Å². The maximum Gasteiger partial charge on any atom is 0.0713 e. The minimum atomic E-state index is -0.434. The fourth-order valence-corrected chi connectivity index (χ4v) is 9.41. The van der Waals surface area contributed by atoms with Crippen LogP contribution in [0.3, 0.4) is 0 Å². The lowest BCUT2D eigenvalue weighted by molar-refractivity contribution is 0.769. The first-order chi connectivity index (χ1) is 28.3. The van der Waals surface area contributed by atoms with Crippen molar-refractivity contribution in [3.8, 4) is 27.9 Å². The Morgan fingerprint density at radius 3 is 1.58 bits per heavy atom. The van der Waals surface area contributed by atoms with Crippen LogP contribution < -0.4 is 4.90 Å². The van der Waals surface area contributed by atoms with Gasteiger partial charge in [0.15, 0.2) is 0 Å². The number of hydrogen-bond acceptors (Lipinski definition) is 1. The second-order valence-corrected chi connectivity index (χ2v) is 14.9. The Bertz CT molecular complexity index is 3000. The predicted octanol–water partition coefficient (Wildman–Crippen LogP) is 14.3. The van der Waals surface area contributed by atoms with Gasteiger partial charge in [0.1, 0.15) is 0 Å². The molecule has 0 saturated heterocycles. The first-order valence-corrected chi connectivity index (χ1v) is 19.7. The summed E-state index contributed by atoms with van der Waals surface area (Å²) < 4.78 is 2.37. The number of nitrogens with zero attached hydrogens (tertiary/aromatic N) is 2. The number of para-hydroxylation sites is 3. The van der Waals surface area contributed by atoms with E-state index >= 15 is 0 Å². The summed E-state index contributed by atoms with van der Waals surface area (Å²) in [6.07, 6.45) is 0. The molecule has 0 radical (unpaired) electrons. The Balaban J connectivity index is 1.04. The van der Waals surface area contributed by atoms with Crippen molar-refractivity contribution in [1.82, 2.24) is 4.57 Å². The van der Waals surface area contributed by atoms with Crippen LogP contribution >= 0.6 is 0 Å². The van der Waals surface area contributed by atoms with Crippen molar-refractivity contribution >= 4 is 38.9 Å². The van der Waals surface area contributed by atoms with Gasteiger partial charge in [-0.2, -0.15) is 0 Å². The van der Waals surface area contributed by atoms with Crippen LogP contribution in [0.2, 0.25) is 0 Å². The molecule has 1 aromatic heterocycles. The highest BCUT2D eigenvalue weighted by molar-refractivity contribution is 6.10. The van der Waals surface area contributed by atoms with Crippen molar-refractivity contribution in [2.24, 2.45) is 0 Å². The van der Waals surface area contributed by atoms with Gasteiger partial charge in [-0.15, -0.1) is 0 Å². The van der Waals surface area contributed by atoms with Crippen LogP contribution in [-0.4, -0.2) is 4.57 Å². The molecule has 1 heterocycles. The zero-order chi connectivity index (χ0) is 37.8. The van der Waals surface area contributed by atoms with E-state index in [2.05, 4.69) is 240 Å². The summed E-state index contributed by atoms with van der Waals surface area (Å²) in [7, 11) is 0. The highest BCUT2D eigenvalue weighted by atomic mass is 15.1. The fourth-order valence-electron chi connectivity index (χ4n) is 9.41. The van der Waals surface area contributed by atoms with Crippen LogP contribution in [0.5, 0.6) is 0 Å². The van der Waals surface area contributed by atoms with Crippen LogP contribution in [0.25, 0.3) is 49.7 Å². The zero-order valence-corrected chi connectivity index (χ0v) is 31.3. The molecule has 1 aliphatic carbocycles. The van der Waals surface area contributed by atoms with Gasteiger partial charge in [-0.3, -0.25) is 0 Å². The maximum absolute atomic E-state index is 2.44. The van der Waals surface area contributed by atoms with Crippen molar-refractivity contribution in [2.75, 3.05) is 4.90 Å². The zero-order valence-electron chi connectivity index (χ0n) is 31.3. The summed E-state index contributed by atoms with van der Waals surface area (Å²) in [5, 5.41) is 2.46. The molecular formula is C55H38N2. The molecule has 0 unspecified atom stereocenters. The van der Waals surface area contributed by atoms with Crippen LogP contribution in [0, 0.1) is 0 Å². The van der Waals surface area contributed by atoms with Crippen LogP contribution in [0.1, 0.15) is 22.3 Å². The molecule has 9 aromatic carbocycles. The molecule has 2 nitrogen and oxygen atoms in total. The van der Waals surface area contributed by atoms with E-state index in [1.807, 2.05) is 0 Å². The minimum Gasteiger partial charge on any atom is -0.310 e. The highest BCUT2D eigenvalue weighted by Crippen LogP contribution is 2.56. The lowest BCUT2D eigenvalue weighted by atomic mass is 9.67. The Morgan fingerprint density at radius 1 is 0.333 bits per heavy atom. The molecule has 0 aliphatic heterocycles. The number of rotatable bonds is 7. The lowest BCUT2D eigenvalue weighted by Crippen LogP contribution is -2.28. The van der Waals surface area contributed by atoms with E-state index in [4.69, 9.17) is 0 Å². The van der Waals surface area contributed by atoms with Gasteiger partial charge >= 0.3 is 0 Å². The van der Waals surface area contributed by atoms with Gasteiger partial charge in [-0.05, 0) is 111 Å². The molecule has 0 bridgehead atoms. The fraction of sp³-hybridized carbons (Fsp3) is 0.0182. The van der Waals surface area contributed by atoms with E-state index in [9.17, 15) is 0 Å². The standard InChI is InChI=1S/C55H38N2/c1-5-17-41(18-6-1)55(42-19-7-2-8-20-42)51-27-15-13-25-47(51)48-35-31-40(37-52(48)55)39-29-32-45(33-30-39)56(43-21-9-3-10-22-43)46-34-36-54-50(38-46)49-26-14-16-28-53(49)57(54)44-23-11-4-12-24-44/h1-38H. The second kappa shape index (κ2) is 13.4. The van der Waals surface area contributed by atoms with Gasteiger partial charge in [0, 0.05) is 33.5 Å². The molecule has 268 valence electrons. The average molecular weight is 727 g/mol. The molecular weight excluding hydrogens is 689 g/mol. The van der Waals surface area contributed by atoms with Crippen molar-refractivity contribution < 1.29 is 0 Å². The largest absolute Gasteiger partial charge is 0.310 e. The maximum atomic E-state index is 2.44. The molecule has 0 amide bonds. The third-order valence-electron chi connectivity index (χ3n) is 11.9. The highest BCUT2D eigenvalue weighted by Gasteiger charge is 2.46. The van der Waals surface area contributed by atoms with Crippen LogP contribution in [0.15, 0.2) is 231 Å². The summed E-state index contributed by atoms with van der Waals surface area (Å²) in [4.78, 5) is 2.37. The number of hydrogen-bond donors (Lipinski definition) is 0. The van der Waals surface area contributed by atoms with Gasteiger partial charge in [0.25, 0.3) is 0 Å². The van der Waals surface area contributed by atoms with E-state index in [-0.39, 0.29) is 0 Å². The van der Waals surface area contributed by atoms with E-state index < -0.39 is 5.41 Å². The number of fused-ring (bicyclic) bond motifs is 6. The molecule has 57 heavy (non-hydrogen) atoms. The Labute approximate surface area is 333 Å². The van der Waals surface area contributed by atoms with Gasteiger partial charge in [-0.25, -0.2) is 0 Å². The van der Waals surface area contributed by atoms with E-state index in [0.29, 0.717) is 0 Å². The van der Waals surface area contributed by atoms with Crippen molar-refractivity contribution in [3.05, 3.63) is 253 Å². The summed E-state index contributed by atoms with van der Waals surface area (Å²) in [6.45, 7) is 0. The lowest BCUT2D eigenvalue weighted by Gasteiger charge is -2.34. The molecule has 1 aliphatic rings. The first kappa shape index (κ1) is 33.0. The quantitative estimate of drug-likeness (QED) is 0.159. The molecule has 2 heteroatoms. The third kappa shape index (κ3) is 5.18. The van der Waals surface area contributed by atoms with Crippen LogP contribution in [0.4, 0.5) is 17.1 Å². The molecule has 0 spiro atoms. The topological polar surface area (TPSA) is 8.17 Å². The Morgan fingerprint density at radius 2 is 0.860 bits per heavy atom. The molecule has 0 N–H and O–H groups in total. The van der Waals surface area contributed by atoms with E-state index in [0.717, 1.165) is 22.7 Å². The average Bonchev–Trinajstić information content (AvgIpc) is 3.78. The Kier molecular flexibility index (Phi) is 7.75. The summed E-state index contributed by atoms with van der Waals surface area (Å²) >= 11 is 0. The van der Waals surface area contributed by atoms with Gasteiger partial charge in [0.2, 0.25) is 0 Å². The van der Waals surface area contributed by atoms with Gasteiger partial charge < -0.3 is 9.47 Å². The molecule has 0 saturated carbocycles. The number of anilines is 3. The van der Waals surface area contributed by atoms with Gasteiger partial charge in [-0.1, -0.05) is 164 Å². The van der Waals surface area contributed by atoms with E-state index in [1.165, 1.54) is 66.3 Å². The molecule has 10 aromatic rings. The SMILES string of the molecule is c1ccc(N(c2ccc(-c3ccc4c(c3)C(c3ccccc3)(c3ccccc3)c3ccccc3-4)cc2)c2ccc3c(c2)c2ccccc2n3-c2ccccc2)cc1. The third-order valence-corrected chi connectivity index (χ3v) is 11.9. The van der Waals surface area contributed by atoms with Crippen molar-refractivity contribution in [1.29, 1.82) is 0 Å². The minimum absolute atomic E-state index is 0.434. The summed E-state index contributed by atoms with van der Waals surface area (Å²) in [5.74, 6) is 0. The normalized spacial score (nSPS) is 12.7.